The molecule has 0 heterocycles. The van der Waals surface area contributed by atoms with Crippen LogP contribution in [-0.2, 0) is 0 Å². The molecule has 0 bridgehead atoms. The van der Waals surface area contributed by atoms with Crippen LogP contribution in [0.5, 0.6) is 0 Å². The SMILES string of the molecule is Br.Cl.[Cs+].[H-].[H-].[H-].[La].[Li+].[Li+]. The van der Waals surface area contributed by atoms with E-state index in [4.69, 9.17) is 0 Å². The van der Waals surface area contributed by atoms with Crippen LogP contribution in [0.4, 0.5) is 0 Å². The summed E-state index contributed by atoms with van der Waals surface area (Å²) < 4.78 is 0. The van der Waals surface area contributed by atoms with E-state index in [1.54, 1.807) is 0 Å². The molecule has 0 aromatic carbocycles. The molecule has 0 atom stereocenters. The molecule has 0 fully saturated rings. The predicted molar refractivity (Wildman–Crippen MR) is 20.9 cm³/mol. The molecule has 0 aromatic heterocycles. The Morgan fingerprint density at radius 3 is 1.00 bits per heavy atom. The van der Waals surface area contributed by atoms with Crippen LogP contribution in [0.3, 0.4) is 0 Å². The minimum Gasteiger partial charge on any atom is -1.00 e. The Morgan fingerprint density at radius 1 is 1.00 bits per heavy atom. The summed E-state index contributed by atoms with van der Waals surface area (Å²) in [6.07, 6.45) is 0. The molecule has 0 N–H and O–H groups in total. The zero-order chi connectivity index (χ0) is 0. The Labute approximate surface area is 170 Å². The van der Waals surface area contributed by atoms with Gasteiger partial charge in [0.2, 0.25) is 0 Å². The van der Waals surface area contributed by atoms with Gasteiger partial charge >= 0.3 is 107 Å². The third-order valence-corrected chi connectivity index (χ3v) is 0. The van der Waals surface area contributed by atoms with Crippen molar-refractivity contribution in [2.24, 2.45) is 0 Å². The molecule has 0 aliphatic carbocycles. The molecular weight excluding hydrogens is 401 g/mol. The number of rotatable bonds is 0. The molecule has 0 unspecified atom stereocenters. The van der Waals surface area contributed by atoms with Gasteiger partial charge in [-0.2, -0.15) is 0 Å². The zero-order valence-electron chi connectivity index (χ0n) is 7.39. The van der Waals surface area contributed by atoms with Gasteiger partial charge in [-0.3, -0.25) is 0 Å². The van der Waals surface area contributed by atoms with Crippen molar-refractivity contribution in [2.75, 3.05) is 0 Å². The van der Waals surface area contributed by atoms with E-state index in [0.717, 1.165) is 0 Å². The second kappa shape index (κ2) is 31.9. The molecule has 0 nitrogen and oxygen atoms in total. The molecular formula is H5BrClCsLaLi2. The number of halogens is 2. The quantitative estimate of drug-likeness (QED) is 0.351. The molecule has 1 radical (unpaired) electrons. The third-order valence-electron chi connectivity index (χ3n) is 0. The second-order valence-corrected chi connectivity index (χ2v) is 0. The summed E-state index contributed by atoms with van der Waals surface area (Å²) in [5.41, 5.74) is 0. The predicted octanol–water partition coefficient (Wildman–Crippen LogP) is -7.65. The van der Waals surface area contributed by atoms with E-state index in [1.807, 2.05) is 0 Å². The minimum atomic E-state index is 0. The maximum Gasteiger partial charge on any atom is 1.00 e. The molecule has 0 rings (SSSR count). The van der Waals surface area contributed by atoms with Crippen molar-refractivity contribution < 1.29 is 146 Å². The zero-order valence-corrected chi connectivity index (χ0v) is 16.8. The normalized spacial score (nSPS) is 0. The van der Waals surface area contributed by atoms with Crippen LogP contribution in [0.1, 0.15) is 4.28 Å². The molecule has 0 aliphatic heterocycles. The Kier molecular flexibility index (Phi) is 229. The van der Waals surface area contributed by atoms with Gasteiger partial charge in [-0.15, -0.1) is 29.4 Å². The Morgan fingerprint density at radius 2 is 1.00 bits per heavy atom. The van der Waals surface area contributed by atoms with Gasteiger partial charge in [0.05, 0.1) is 0 Å². The van der Waals surface area contributed by atoms with E-state index in [9.17, 15) is 0 Å². The molecule has 25 valence electrons. The van der Waals surface area contributed by atoms with Crippen LogP contribution in [0, 0.1) is 35.6 Å². The Balaban J connectivity index is 0. The maximum absolute atomic E-state index is 0. The molecule has 0 amide bonds. The van der Waals surface area contributed by atoms with E-state index in [1.165, 1.54) is 0 Å². The first kappa shape index (κ1) is 43.0. The van der Waals surface area contributed by atoms with Crippen molar-refractivity contribution in [3.63, 3.8) is 0 Å². The number of hydrogen-bond donors (Lipinski definition) is 0. The van der Waals surface area contributed by atoms with E-state index in [-0.39, 0.29) is 176 Å². The van der Waals surface area contributed by atoms with E-state index in [2.05, 4.69) is 0 Å². The summed E-state index contributed by atoms with van der Waals surface area (Å²) in [5.74, 6) is 0. The van der Waals surface area contributed by atoms with Crippen molar-refractivity contribution in [1.29, 1.82) is 0 Å². The first-order chi connectivity index (χ1) is 0. The van der Waals surface area contributed by atoms with Crippen molar-refractivity contribution in [2.45, 2.75) is 0 Å². The van der Waals surface area contributed by atoms with E-state index in [0.29, 0.717) is 0 Å². The van der Waals surface area contributed by atoms with Crippen LogP contribution < -0.4 is 107 Å². The second-order valence-electron chi connectivity index (χ2n) is 0. The first-order valence-electron chi connectivity index (χ1n) is 0. The molecule has 0 aromatic rings. The van der Waals surface area contributed by atoms with Gasteiger partial charge in [0, 0.05) is 35.6 Å². The van der Waals surface area contributed by atoms with Gasteiger partial charge in [0.15, 0.2) is 0 Å². The van der Waals surface area contributed by atoms with Gasteiger partial charge in [-0.05, 0) is 0 Å². The van der Waals surface area contributed by atoms with Crippen LogP contribution in [0.2, 0.25) is 0 Å². The largest absolute Gasteiger partial charge is 1.00 e. The molecule has 0 spiro atoms. The Hall–Kier alpha value is 5.21. The number of hydrogen-bond acceptors (Lipinski definition) is 0. The Bertz CT molecular complexity index is 21.8. The van der Waals surface area contributed by atoms with Crippen LogP contribution in [0.25, 0.3) is 0 Å². The van der Waals surface area contributed by atoms with Crippen molar-refractivity contribution >= 4 is 29.4 Å². The van der Waals surface area contributed by atoms with Gasteiger partial charge in [0.25, 0.3) is 0 Å². The van der Waals surface area contributed by atoms with Crippen molar-refractivity contribution in [3.8, 4) is 0 Å². The van der Waals surface area contributed by atoms with E-state index < -0.39 is 0 Å². The topological polar surface area (TPSA) is 0 Å². The molecule has 0 aliphatic rings. The van der Waals surface area contributed by atoms with Gasteiger partial charge in [0.1, 0.15) is 0 Å². The van der Waals surface area contributed by atoms with Crippen molar-refractivity contribution in [1.82, 2.24) is 0 Å². The van der Waals surface area contributed by atoms with Gasteiger partial charge in [-0.1, -0.05) is 0 Å². The minimum absolute atomic E-state index is 0. The fourth-order valence-electron chi connectivity index (χ4n) is 0. The van der Waals surface area contributed by atoms with Crippen molar-refractivity contribution in [3.05, 3.63) is 0 Å². The molecule has 0 saturated heterocycles. The maximum atomic E-state index is 0. The average molecular weight is 406 g/mol. The molecule has 6 heteroatoms. The summed E-state index contributed by atoms with van der Waals surface area (Å²) in [4.78, 5) is 0. The smallest absolute Gasteiger partial charge is 1.00 e. The van der Waals surface area contributed by atoms with Gasteiger partial charge < -0.3 is 4.28 Å². The summed E-state index contributed by atoms with van der Waals surface area (Å²) >= 11 is 0. The van der Waals surface area contributed by atoms with Crippen LogP contribution in [-0.4, -0.2) is 0 Å². The van der Waals surface area contributed by atoms with Crippen LogP contribution >= 0.6 is 29.4 Å². The average Bonchev–Trinajstić information content (AvgIpc) is 0. The van der Waals surface area contributed by atoms with E-state index >= 15 is 0 Å². The standard InChI is InChI=1S/BrH.ClH.Cs.La.2Li.3H/h2*1H;;;;;;;/q;;+1;;2*+1;3*-1. The first-order valence-corrected chi connectivity index (χ1v) is 0. The summed E-state index contributed by atoms with van der Waals surface area (Å²) in [5, 5.41) is 0. The summed E-state index contributed by atoms with van der Waals surface area (Å²) in [6, 6.07) is 0. The van der Waals surface area contributed by atoms with Gasteiger partial charge in [-0.25, -0.2) is 0 Å². The monoisotopic (exact) mass is 405 g/mol. The van der Waals surface area contributed by atoms with Crippen LogP contribution in [0.15, 0.2) is 0 Å². The summed E-state index contributed by atoms with van der Waals surface area (Å²) in [7, 11) is 0. The molecule has 0 saturated carbocycles. The fraction of sp³-hybridized carbons (Fsp3) is 0. The molecule has 6 heavy (non-hydrogen) atoms. The third kappa shape index (κ3) is 22.9. The fourth-order valence-corrected chi connectivity index (χ4v) is 0. The summed E-state index contributed by atoms with van der Waals surface area (Å²) in [6.45, 7) is 0.